The molecule has 1 N–H and O–H groups in total. The lowest BCUT2D eigenvalue weighted by Gasteiger charge is -2.12. The molecule has 33 heavy (non-hydrogen) atoms. The van der Waals surface area contributed by atoms with Crippen LogP contribution >= 0.6 is 38.5 Å². The van der Waals surface area contributed by atoms with Gasteiger partial charge in [-0.15, -0.1) is 0 Å². The summed E-state index contributed by atoms with van der Waals surface area (Å²) in [7, 11) is 0. The molecule has 5 nitrogen and oxygen atoms in total. The van der Waals surface area contributed by atoms with Crippen LogP contribution in [0.4, 0.5) is 10.1 Å². The monoisotopic (exact) mass is 620 g/mol. The van der Waals surface area contributed by atoms with Crippen molar-refractivity contribution < 1.29 is 18.7 Å². The molecule has 0 spiro atoms. The molecular formula is C25H19BrFIN2O3. The highest BCUT2D eigenvalue weighted by molar-refractivity contribution is 14.1. The van der Waals surface area contributed by atoms with Crippen molar-refractivity contribution in [1.82, 2.24) is 0 Å². The van der Waals surface area contributed by atoms with E-state index in [4.69, 9.17) is 9.47 Å². The van der Waals surface area contributed by atoms with Gasteiger partial charge in [-0.25, -0.2) is 4.39 Å². The summed E-state index contributed by atoms with van der Waals surface area (Å²) in [5.74, 6) is 0.393. The summed E-state index contributed by atoms with van der Waals surface area (Å²) in [6.45, 7) is 2.51. The smallest absolute Gasteiger partial charge is 0.266 e. The summed E-state index contributed by atoms with van der Waals surface area (Å²) >= 11 is 5.56. The van der Waals surface area contributed by atoms with Gasteiger partial charge in [0.05, 0.1) is 14.6 Å². The molecule has 168 valence electrons. The number of anilines is 1. The molecule has 0 fully saturated rings. The number of carbonyl (C=O) groups excluding carboxylic acids is 1. The molecule has 3 aromatic carbocycles. The molecular weight excluding hydrogens is 602 g/mol. The third-order valence-electron chi connectivity index (χ3n) is 4.45. The van der Waals surface area contributed by atoms with Crippen molar-refractivity contribution in [3.8, 4) is 17.6 Å². The zero-order valence-electron chi connectivity index (χ0n) is 17.6. The van der Waals surface area contributed by atoms with Crippen molar-refractivity contribution in [2.75, 3.05) is 11.9 Å². The van der Waals surface area contributed by atoms with Crippen LogP contribution in [0.1, 0.15) is 18.1 Å². The number of nitrogens with zero attached hydrogens (tertiary/aromatic N) is 1. The largest absolute Gasteiger partial charge is 0.494 e. The lowest BCUT2D eigenvalue weighted by molar-refractivity contribution is -0.112. The molecule has 0 saturated carbocycles. The van der Waals surface area contributed by atoms with E-state index in [1.807, 2.05) is 13.0 Å². The van der Waals surface area contributed by atoms with Crippen molar-refractivity contribution in [2.24, 2.45) is 0 Å². The zero-order chi connectivity index (χ0) is 23.8. The van der Waals surface area contributed by atoms with Gasteiger partial charge in [-0.05, 0) is 99.5 Å². The average molecular weight is 621 g/mol. The second-order valence-electron chi connectivity index (χ2n) is 6.78. The first kappa shape index (κ1) is 24.7. The summed E-state index contributed by atoms with van der Waals surface area (Å²) in [4.78, 5) is 12.6. The second kappa shape index (κ2) is 11.8. The molecule has 0 radical (unpaired) electrons. The van der Waals surface area contributed by atoms with Crippen LogP contribution in [0.15, 0.2) is 70.7 Å². The number of hydrogen-bond donors (Lipinski definition) is 1. The highest BCUT2D eigenvalue weighted by Gasteiger charge is 2.13. The van der Waals surface area contributed by atoms with Crippen molar-refractivity contribution >= 4 is 56.2 Å². The van der Waals surface area contributed by atoms with Crippen LogP contribution < -0.4 is 14.8 Å². The van der Waals surface area contributed by atoms with Crippen LogP contribution in [0.2, 0.25) is 0 Å². The first-order chi connectivity index (χ1) is 15.9. The minimum atomic E-state index is -0.521. The minimum Gasteiger partial charge on any atom is -0.494 e. The summed E-state index contributed by atoms with van der Waals surface area (Å²) in [6.07, 6.45) is 1.50. The van der Waals surface area contributed by atoms with E-state index in [0.29, 0.717) is 39.4 Å². The van der Waals surface area contributed by atoms with Gasteiger partial charge in [-0.2, -0.15) is 5.26 Å². The summed E-state index contributed by atoms with van der Waals surface area (Å²) < 4.78 is 26.4. The van der Waals surface area contributed by atoms with E-state index in [9.17, 15) is 14.4 Å². The van der Waals surface area contributed by atoms with Crippen LogP contribution in [-0.2, 0) is 11.4 Å². The Bertz CT molecular complexity index is 1200. The van der Waals surface area contributed by atoms with E-state index < -0.39 is 5.91 Å². The number of halogens is 3. The number of ether oxygens (including phenoxy) is 2. The maximum Gasteiger partial charge on any atom is 0.266 e. The van der Waals surface area contributed by atoms with Crippen molar-refractivity contribution in [2.45, 2.75) is 13.5 Å². The van der Waals surface area contributed by atoms with Gasteiger partial charge >= 0.3 is 0 Å². The Morgan fingerprint density at radius 3 is 2.55 bits per heavy atom. The first-order valence-corrected chi connectivity index (χ1v) is 11.8. The van der Waals surface area contributed by atoms with Gasteiger partial charge < -0.3 is 14.8 Å². The van der Waals surface area contributed by atoms with Gasteiger partial charge in [0.2, 0.25) is 0 Å². The molecule has 0 unspecified atom stereocenters. The average Bonchev–Trinajstić information content (AvgIpc) is 2.79. The summed E-state index contributed by atoms with van der Waals surface area (Å²) in [5.41, 5.74) is 1.59. The van der Waals surface area contributed by atoms with Gasteiger partial charge in [0.25, 0.3) is 5.91 Å². The SMILES string of the molecule is CCOc1ccc(NC(=O)/C(C#N)=C\c2cc(Br)c(OCc3ccccc3F)c(I)c2)cc1. The third kappa shape index (κ3) is 6.79. The molecule has 1 amide bonds. The molecule has 0 aliphatic carbocycles. The van der Waals surface area contributed by atoms with E-state index >= 15 is 0 Å². The second-order valence-corrected chi connectivity index (χ2v) is 8.79. The fourth-order valence-corrected chi connectivity index (χ4v) is 4.65. The van der Waals surface area contributed by atoms with Gasteiger partial charge in [0.15, 0.2) is 0 Å². The highest BCUT2D eigenvalue weighted by atomic mass is 127. The van der Waals surface area contributed by atoms with E-state index in [-0.39, 0.29) is 18.0 Å². The maximum atomic E-state index is 13.9. The fourth-order valence-electron chi connectivity index (χ4n) is 2.88. The number of rotatable bonds is 8. The molecule has 0 atom stereocenters. The van der Waals surface area contributed by atoms with E-state index in [2.05, 4.69) is 43.8 Å². The lowest BCUT2D eigenvalue weighted by atomic mass is 10.1. The summed E-state index contributed by atoms with van der Waals surface area (Å²) in [6, 6.07) is 18.8. The van der Waals surface area contributed by atoms with Gasteiger partial charge in [0.1, 0.15) is 35.6 Å². The van der Waals surface area contributed by atoms with Crippen LogP contribution in [-0.4, -0.2) is 12.5 Å². The molecule has 0 bridgehead atoms. The van der Waals surface area contributed by atoms with Crippen LogP contribution in [0.5, 0.6) is 11.5 Å². The predicted molar refractivity (Wildman–Crippen MR) is 137 cm³/mol. The van der Waals surface area contributed by atoms with E-state index in [1.54, 1.807) is 54.6 Å². The van der Waals surface area contributed by atoms with Crippen molar-refractivity contribution in [3.63, 3.8) is 0 Å². The topological polar surface area (TPSA) is 71.3 Å². The summed E-state index contributed by atoms with van der Waals surface area (Å²) in [5, 5.41) is 12.2. The molecule has 3 rings (SSSR count). The van der Waals surface area contributed by atoms with Crippen LogP contribution in [0.3, 0.4) is 0 Å². The molecule has 0 aliphatic rings. The van der Waals surface area contributed by atoms with Crippen LogP contribution in [0.25, 0.3) is 6.08 Å². The Morgan fingerprint density at radius 1 is 1.18 bits per heavy atom. The quantitative estimate of drug-likeness (QED) is 0.172. The Balaban J connectivity index is 1.74. The molecule has 8 heteroatoms. The Kier molecular flexibility index (Phi) is 8.86. The number of benzene rings is 3. The van der Waals surface area contributed by atoms with Gasteiger partial charge in [0, 0.05) is 11.3 Å². The van der Waals surface area contributed by atoms with Gasteiger partial charge in [-0.1, -0.05) is 18.2 Å². The number of carbonyl (C=O) groups is 1. The first-order valence-electron chi connectivity index (χ1n) is 9.92. The fraction of sp³-hybridized carbons (Fsp3) is 0.120. The van der Waals surface area contributed by atoms with E-state index in [1.165, 1.54) is 12.1 Å². The molecule has 3 aromatic rings. The normalized spacial score (nSPS) is 10.9. The molecule has 0 saturated heterocycles. The third-order valence-corrected chi connectivity index (χ3v) is 5.84. The Hall–Kier alpha value is -2.90. The Labute approximate surface area is 213 Å². The standard InChI is InChI=1S/C25H19BrFIN2O3/c1-2-32-20-9-7-19(8-10-20)30-25(31)18(14-29)11-16-12-21(26)24(23(28)13-16)33-15-17-5-3-4-6-22(17)27/h3-13H,2,15H2,1H3,(H,30,31)/b18-11-. The number of amides is 1. The molecule has 0 heterocycles. The number of nitrogens with one attached hydrogen (secondary N) is 1. The Morgan fingerprint density at radius 2 is 1.91 bits per heavy atom. The lowest BCUT2D eigenvalue weighted by Crippen LogP contribution is -2.13. The predicted octanol–water partition coefficient (Wildman–Crippen LogP) is 6.72. The number of hydrogen-bond acceptors (Lipinski definition) is 4. The van der Waals surface area contributed by atoms with Crippen molar-refractivity contribution in [3.05, 3.63) is 91.2 Å². The van der Waals surface area contributed by atoms with E-state index in [0.717, 1.165) is 3.57 Å². The zero-order valence-corrected chi connectivity index (χ0v) is 21.3. The highest BCUT2D eigenvalue weighted by Crippen LogP contribution is 2.33. The molecule has 0 aliphatic heterocycles. The van der Waals surface area contributed by atoms with Crippen molar-refractivity contribution in [1.29, 1.82) is 5.26 Å². The number of nitriles is 1. The maximum absolute atomic E-state index is 13.9. The molecule has 0 aromatic heterocycles. The van der Waals surface area contributed by atoms with Gasteiger partial charge in [-0.3, -0.25) is 4.79 Å². The minimum absolute atomic E-state index is 0.0494. The van der Waals surface area contributed by atoms with Crippen LogP contribution in [0, 0.1) is 20.7 Å².